The summed E-state index contributed by atoms with van der Waals surface area (Å²) in [6, 6.07) is 22.0. The third kappa shape index (κ3) is 4.52. The maximum atomic E-state index is 13.0. The van der Waals surface area contributed by atoms with E-state index in [1.54, 1.807) is 0 Å². The summed E-state index contributed by atoms with van der Waals surface area (Å²) in [4.78, 5) is 13.0. The molecule has 0 aromatic heterocycles. The molecule has 1 aliphatic rings. The van der Waals surface area contributed by atoms with Crippen LogP contribution in [0.25, 0.3) is 0 Å². The minimum absolute atomic E-state index is 0.0702. The van der Waals surface area contributed by atoms with Gasteiger partial charge in [0.1, 0.15) is 5.75 Å². The molecule has 3 aromatic carbocycles. The van der Waals surface area contributed by atoms with E-state index in [4.69, 9.17) is 39.5 Å². The smallest absolute Gasteiger partial charge is 0.261 e. The number of benzene rings is 3. The summed E-state index contributed by atoms with van der Waals surface area (Å²) in [5.74, 6) is 0.586. The third-order valence-electron chi connectivity index (χ3n) is 5.48. The highest BCUT2D eigenvalue weighted by atomic mass is 35.5. The Labute approximate surface area is 202 Å². The van der Waals surface area contributed by atoms with Crippen molar-refractivity contribution in [1.29, 1.82) is 0 Å². The predicted molar refractivity (Wildman–Crippen MR) is 129 cm³/mol. The van der Waals surface area contributed by atoms with Gasteiger partial charge in [0.15, 0.2) is 5.66 Å². The van der Waals surface area contributed by atoms with Gasteiger partial charge in [0.05, 0.1) is 18.2 Å². The number of para-hydroxylation sites is 1. The van der Waals surface area contributed by atoms with E-state index < -0.39 is 10.9 Å². The first-order valence-electron chi connectivity index (χ1n) is 10.3. The van der Waals surface area contributed by atoms with E-state index in [0.29, 0.717) is 21.4 Å². The van der Waals surface area contributed by atoms with E-state index in [0.717, 1.165) is 11.1 Å². The largest absolute Gasteiger partial charge is 0.491 e. The molecule has 0 saturated carbocycles. The number of carbonyl (C=O) groups excluding carboxylic acids is 1. The first kappa shape index (κ1) is 23.1. The van der Waals surface area contributed by atoms with Crippen LogP contribution in [-0.4, -0.2) is 11.3 Å². The van der Waals surface area contributed by atoms with Gasteiger partial charge in [0.25, 0.3) is 5.24 Å². The molecule has 7 heteroatoms. The Hall–Kier alpha value is -2.08. The number of hydrogen-bond acceptors (Lipinski definition) is 4. The quantitative estimate of drug-likeness (QED) is 0.395. The lowest BCUT2D eigenvalue weighted by Gasteiger charge is -2.29. The Kier molecular flexibility index (Phi) is 6.80. The fourth-order valence-electron chi connectivity index (χ4n) is 4.07. The van der Waals surface area contributed by atoms with Crippen molar-refractivity contribution >= 4 is 40.0 Å². The Morgan fingerprint density at radius 3 is 1.75 bits per heavy atom. The molecule has 4 nitrogen and oxygen atoms in total. The number of carbonyl (C=O) groups is 1. The lowest BCUT2D eigenvalue weighted by molar-refractivity contribution is -0.118. The molecular formula is C25H23Cl3N2O2. The van der Waals surface area contributed by atoms with Gasteiger partial charge in [-0.3, -0.25) is 15.4 Å². The molecule has 2 unspecified atom stereocenters. The molecule has 2 atom stereocenters. The van der Waals surface area contributed by atoms with Crippen LogP contribution < -0.4 is 15.4 Å². The van der Waals surface area contributed by atoms with Crippen molar-refractivity contribution in [3.63, 3.8) is 0 Å². The van der Waals surface area contributed by atoms with Crippen molar-refractivity contribution in [3.8, 4) is 5.75 Å². The van der Waals surface area contributed by atoms with Crippen LogP contribution in [0.2, 0.25) is 10.0 Å². The Balaban J connectivity index is 1.85. The van der Waals surface area contributed by atoms with Crippen LogP contribution in [0.4, 0.5) is 0 Å². The second kappa shape index (κ2) is 9.42. The van der Waals surface area contributed by atoms with Gasteiger partial charge in [-0.05, 0) is 66.9 Å². The highest BCUT2D eigenvalue weighted by molar-refractivity contribution is 6.65. The summed E-state index contributed by atoms with van der Waals surface area (Å²) < 4.78 is 6.02. The number of rotatable bonds is 6. The van der Waals surface area contributed by atoms with Crippen molar-refractivity contribution in [3.05, 3.63) is 99.5 Å². The van der Waals surface area contributed by atoms with Crippen molar-refractivity contribution in [2.45, 2.75) is 37.7 Å². The van der Waals surface area contributed by atoms with Crippen LogP contribution in [0, 0.1) is 0 Å². The zero-order valence-corrected chi connectivity index (χ0v) is 19.9. The van der Waals surface area contributed by atoms with Gasteiger partial charge >= 0.3 is 0 Å². The fraction of sp³-hybridized carbons (Fsp3) is 0.240. The molecule has 1 heterocycles. The summed E-state index contributed by atoms with van der Waals surface area (Å²) in [6.07, 6.45) is -0.0702. The number of nitrogens with one attached hydrogen (secondary N) is 2. The number of hydrogen-bond donors (Lipinski definition) is 2. The second-order valence-electron chi connectivity index (χ2n) is 8.03. The molecule has 1 fully saturated rings. The summed E-state index contributed by atoms with van der Waals surface area (Å²) in [5, 5.41) is 7.67. The zero-order valence-electron chi connectivity index (χ0n) is 17.6. The topological polar surface area (TPSA) is 50.4 Å². The molecule has 32 heavy (non-hydrogen) atoms. The molecular weight excluding hydrogens is 467 g/mol. The van der Waals surface area contributed by atoms with Gasteiger partial charge in [-0.25, -0.2) is 0 Å². The molecule has 2 N–H and O–H groups in total. The zero-order chi connectivity index (χ0) is 22.9. The first-order valence-corrected chi connectivity index (χ1v) is 11.5. The van der Waals surface area contributed by atoms with Crippen molar-refractivity contribution in [2.24, 2.45) is 0 Å². The summed E-state index contributed by atoms with van der Waals surface area (Å²) >= 11 is 18.5. The van der Waals surface area contributed by atoms with Gasteiger partial charge in [-0.15, -0.1) is 0 Å². The van der Waals surface area contributed by atoms with E-state index in [-0.39, 0.29) is 18.2 Å². The van der Waals surface area contributed by atoms with Crippen molar-refractivity contribution in [1.82, 2.24) is 10.6 Å². The minimum Gasteiger partial charge on any atom is -0.491 e. The number of ether oxygens (including phenoxy) is 1. The van der Waals surface area contributed by atoms with Gasteiger partial charge in [-0.1, -0.05) is 65.7 Å². The van der Waals surface area contributed by atoms with E-state index >= 15 is 0 Å². The summed E-state index contributed by atoms with van der Waals surface area (Å²) in [6.45, 7) is 3.88. The summed E-state index contributed by atoms with van der Waals surface area (Å²) in [7, 11) is 0. The molecule has 166 valence electrons. The van der Waals surface area contributed by atoms with Crippen molar-refractivity contribution in [2.75, 3.05) is 0 Å². The molecule has 0 amide bonds. The maximum Gasteiger partial charge on any atom is 0.261 e. The highest BCUT2D eigenvalue weighted by Gasteiger charge is 2.52. The lowest BCUT2D eigenvalue weighted by atomic mass is 9.95. The van der Waals surface area contributed by atoms with Gasteiger partial charge < -0.3 is 4.74 Å². The molecule has 1 saturated heterocycles. The Morgan fingerprint density at radius 2 is 1.31 bits per heavy atom. The molecule has 4 rings (SSSR count). The number of halogens is 3. The van der Waals surface area contributed by atoms with Crippen LogP contribution in [-0.2, 0) is 10.5 Å². The first-order chi connectivity index (χ1) is 15.3. The van der Waals surface area contributed by atoms with Crippen LogP contribution in [0.5, 0.6) is 5.75 Å². The minimum atomic E-state index is -1.36. The van der Waals surface area contributed by atoms with E-state index in [9.17, 15) is 4.79 Å². The summed E-state index contributed by atoms with van der Waals surface area (Å²) in [5.41, 5.74) is 1.19. The molecule has 0 radical (unpaired) electrons. The normalized spacial score (nSPS) is 22.8. The average molecular weight is 490 g/mol. The monoisotopic (exact) mass is 488 g/mol. The molecule has 1 aliphatic heterocycles. The average Bonchev–Trinajstić information content (AvgIpc) is 3.17. The Morgan fingerprint density at radius 1 is 0.844 bits per heavy atom. The molecule has 3 aromatic rings. The van der Waals surface area contributed by atoms with Crippen LogP contribution in [0.3, 0.4) is 0 Å². The fourth-order valence-corrected chi connectivity index (χ4v) is 4.54. The molecule has 0 aliphatic carbocycles. The maximum absolute atomic E-state index is 13.0. The second-order valence-corrected chi connectivity index (χ2v) is 9.25. The predicted octanol–water partition coefficient (Wildman–Crippen LogP) is 6.37. The van der Waals surface area contributed by atoms with E-state index in [2.05, 4.69) is 10.6 Å². The van der Waals surface area contributed by atoms with Gasteiger partial charge in [0, 0.05) is 15.6 Å². The van der Waals surface area contributed by atoms with Crippen LogP contribution >= 0.6 is 34.8 Å². The molecule has 0 spiro atoms. The van der Waals surface area contributed by atoms with E-state index in [1.807, 2.05) is 86.6 Å². The standard InChI is InChI=1S/C25H23Cl3N2O2/c1-15(2)32-21-6-4-3-5-20(21)25(24(28)31)29-22(16-7-11-18(26)12-8-16)23(30-25)17-9-13-19(27)14-10-17/h3-15,22-23,29-30H,1-2H3. The van der Waals surface area contributed by atoms with E-state index in [1.165, 1.54) is 0 Å². The van der Waals surface area contributed by atoms with Crippen LogP contribution in [0.1, 0.15) is 42.6 Å². The third-order valence-corrected chi connectivity index (χ3v) is 6.27. The van der Waals surface area contributed by atoms with Gasteiger partial charge in [-0.2, -0.15) is 0 Å². The molecule has 0 bridgehead atoms. The lowest BCUT2D eigenvalue weighted by Crippen LogP contribution is -2.51. The van der Waals surface area contributed by atoms with Crippen LogP contribution in [0.15, 0.2) is 72.8 Å². The SMILES string of the molecule is CC(C)Oc1ccccc1C1(C(=O)Cl)NC(c2ccc(Cl)cc2)C(c2ccc(Cl)cc2)N1. The van der Waals surface area contributed by atoms with Crippen molar-refractivity contribution < 1.29 is 9.53 Å². The highest BCUT2D eigenvalue weighted by Crippen LogP contribution is 2.44. The van der Waals surface area contributed by atoms with Gasteiger partial charge in [0.2, 0.25) is 0 Å². The Bertz CT molecular complexity index is 1050.